The Balaban J connectivity index is 2.34. The van der Waals surface area contributed by atoms with Crippen molar-refractivity contribution in [2.75, 3.05) is 13.2 Å². The second-order valence-electron chi connectivity index (χ2n) is 4.45. The highest BCUT2D eigenvalue weighted by Crippen LogP contribution is 2.08. The van der Waals surface area contributed by atoms with E-state index in [0.29, 0.717) is 13.0 Å². The molecule has 0 bridgehead atoms. The summed E-state index contributed by atoms with van der Waals surface area (Å²) in [4.78, 5) is 11.8. The molecule has 0 heterocycles. The fourth-order valence-electron chi connectivity index (χ4n) is 1.80. The number of hydrogen-bond donors (Lipinski definition) is 2. The largest absolute Gasteiger partial charge is 0.396 e. The quantitative estimate of drug-likeness (QED) is 0.698. The van der Waals surface area contributed by atoms with Gasteiger partial charge in [-0.05, 0) is 31.2 Å². The van der Waals surface area contributed by atoms with Crippen molar-refractivity contribution >= 4 is 5.91 Å². The molecule has 1 aromatic carbocycles. The molecule has 0 saturated heterocycles. The lowest BCUT2D eigenvalue weighted by molar-refractivity contribution is -0.123. The van der Waals surface area contributed by atoms with Gasteiger partial charge in [-0.1, -0.05) is 30.3 Å². The van der Waals surface area contributed by atoms with Crippen molar-refractivity contribution in [1.29, 1.82) is 5.26 Å². The summed E-state index contributed by atoms with van der Waals surface area (Å²) in [7, 11) is 0. The van der Waals surface area contributed by atoms with E-state index in [9.17, 15) is 4.79 Å². The minimum absolute atomic E-state index is 0.183. The summed E-state index contributed by atoms with van der Waals surface area (Å²) in [5.74, 6) is -0.851. The van der Waals surface area contributed by atoms with Crippen LogP contribution in [0.15, 0.2) is 30.3 Å². The minimum Gasteiger partial charge on any atom is -0.396 e. The van der Waals surface area contributed by atoms with Gasteiger partial charge in [0, 0.05) is 13.2 Å². The second kappa shape index (κ2) is 9.12. The van der Waals surface area contributed by atoms with E-state index < -0.39 is 5.92 Å². The number of amides is 1. The van der Waals surface area contributed by atoms with Crippen molar-refractivity contribution < 1.29 is 9.90 Å². The van der Waals surface area contributed by atoms with E-state index in [-0.39, 0.29) is 12.5 Å². The molecular formula is C15H20N2O2. The maximum Gasteiger partial charge on any atom is 0.237 e. The van der Waals surface area contributed by atoms with Crippen LogP contribution in [-0.2, 0) is 11.2 Å². The number of carbonyl (C=O) groups is 1. The summed E-state index contributed by atoms with van der Waals surface area (Å²) in [5.41, 5.74) is 0.990. The summed E-state index contributed by atoms with van der Waals surface area (Å²) in [6.45, 7) is 0.745. The fourth-order valence-corrected chi connectivity index (χ4v) is 1.80. The molecule has 1 rings (SSSR count). The van der Waals surface area contributed by atoms with Gasteiger partial charge in [0.1, 0.15) is 5.92 Å². The van der Waals surface area contributed by atoms with E-state index >= 15 is 0 Å². The predicted octanol–water partition coefficient (Wildman–Crippen LogP) is 1.65. The van der Waals surface area contributed by atoms with Crippen molar-refractivity contribution in [3.05, 3.63) is 35.9 Å². The van der Waals surface area contributed by atoms with E-state index in [1.165, 1.54) is 0 Å². The number of nitrogens with one attached hydrogen (secondary N) is 1. The van der Waals surface area contributed by atoms with Gasteiger partial charge < -0.3 is 10.4 Å². The van der Waals surface area contributed by atoms with Crippen LogP contribution < -0.4 is 5.32 Å². The Morgan fingerprint density at radius 1 is 1.26 bits per heavy atom. The molecule has 1 amide bonds. The number of nitrogens with zero attached hydrogens (tertiary/aromatic N) is 1. The molecule has 0 radical (unpaired) electrons. The third-order valence-corrected chi connectivity index (χ3v) is 2.89. The van der Waals surface area contributed by atoms with E-state index in [4.69, 9.17) is 10.4 Å². The molecule has 19 heavy (non-hydrogen) atoms. The first kappa shape index (κ1) is 15.2. The first-order valence-electron chi connectivity index (χ1n) is 6.60. The highest BCUT2D eigenvalue weighted by atomic mass is 16.2. The van der Waals surface area contributed by atoms with Crippen molar-refractivity contribution in [2.45, 2.75) is 25.7 Å². The fraction of sp³-hybridized carbons (Fsp3) is 0.467. The highest BCUT2D eigenvalue weighted by Gasteiger charge is 2.17. The number of hydrogen-bond acceptors (Lipinski definition) is 3. The zero-order chi connectivity index (χ0) is 13.9. The smallest absolute Gasteiger partial charge is 0.237 e. The normalized spacial score (nSPS) is 11.6. The number of nitriles is 1. The van der Waals surface area contributed by atoms with Crippen molar-refractivity contribution in [2.24, 2.45) is 5.92 Å². The molecule has 102 valence electrons. The van der Waals surface area contributed by atoms with Gasteiger partial charge >= 0.3 is 0 Å². The zero-order valence-electron chi connectivity index (χ0n) is 11.0. The number of aliphatic hydroxyl groups excluding tert-OH is 1. The number of carbonyl (C=O) groups excluding carboxylic acids is 1. The molecule has 0 spiro atoms. The summed E-state index contributed by atoms with van der Waals surface area (Å²) >= 11 is 0. The van der Waals surface area contributed by atoms with Crippen LogP contribution in [0.2, 0.25) is 0 Å². The Labute approximate surface area is 114 Å². The molecule has 0 aromatic heterocycles. The maximum atomic E-state index is 11.8. The molecule has 1 atom stereocenters. The Hall–Kier alpha value is -1.86. The van der Waals surface area contributed by atoms with Gasteiger partial charge in [0.15, 0.2) is 0 Å². The molecular weight excluding hydrogens is 240 g/mol. The van der Waals surface area contributed by atoms with Gasteiger partial charge in [-0.2, -0.15) is 5.26 Å². The summed E-state index contributed by atoms with van der Waals surface area (Å²) in [6, 6.07) is 11.6. The van der Waals surface area contributed by atoms with Crippen molar-refractivity contribution in [3.63, 3.8) is 0 Å². The van der Waals surface area contributed by atoms with Crippen LogP contribution in [0.5, 0.6) is 0 Å². The predicted molar refractivity (Wildman–Crippen MR) is 73.2 cm³/mol. The van der Waals surface area contributed by atoms with Gasteiger partial charge in [-0.3, -0.25) is 4.79 Å². The molecule has 2 N–H and O–H groups in total. The molecule has 0 aliphatic carbocycles. The topological polar surface area (TPSA) is 73.1 Å². The molecule has 4 heteroatoms. The van der Waals surface area contributed by atoms with Crippen LogP contribution in [-0.4, -0.2) is 24.2 Å². The third-order valence-electron chi connectivity index (χ3n) is 2.89. The van der Waals surface area contributed by atoms with Crippen LogP contribution in [0.25, 0.3) is 0 Å². The van der Waals surface area contributed by atoms with Gasteiger partial charge in [0.05, 0.1) is 6.07 Å². The van der Waals surface area contributed by atoms with Crippen LogP contribution in [0.3, 0.4) is 0 Å². The number of rotatable bonds is 8. The van der Waals surface area contributed by atoms with E-state index in [1.54, 1.807) is 0 Å². The Morgan fingerprint density at radius 2 is 2.00 bits per heavy atom. The van der Waals surface area contributed by atoms with E-state index in [1.807, 2.05) is 30.3 Å². The second-order valence-corrected chi connectivity index (χ2v) is 4.45. The molecule has 1 unspecified atom stereocenters. The van der Waals surface area contributed by atoms with Crippen molar-refractivity contribution in [1.82, 2.24) is 5.32 Å². The number of aliphatic hydroxyl groups is 1. The molecule has 1 aromatic rings. The minimum atomic E-state index is -0.639. The summed E-state index contributed by atoms with van der Waals surface area (Å²) in [6.07, 6.45) is 2.91. The third kappa shape index (κ3) is 6.03. The standard InChI is InChI=1S/C15H20N2O2/c16-12-14(11-13-7-3-1-4-8-13)15(19)17-9-5-2-6-10-18/h1,3-4,7-8,14,18H,2,5-6,9-11H2,(H,17,19). The molecule has 0 aliphatic rings. The lowest BCUT2D eigenvalue weighted by atomic mass is 10.00. The Kier molecular flexibility index (Phi) is 7.30. The number of benzene rings is 1. The average molecular weight is 260 g/mol. The SMILES string of the molecule is N#CC(Cc1ccccc1)C(=O)NCCCCCO. The van der Waals surface area contributed by atoms with E-state index in [0.717, 1.165) is 24.8 Å². The Morgan fingerprint density at radius 3 is 2.63 bits per heavy atom. The van der Waals surface area contributed by atoms with Crippen LogP contribution in [0.4, 0.5) is 0 Å². The number of unbranched alkanes of at least 4 members (excludes halogenated alkanes) is 2. The summed E-state index contributed by atoms with van der Waals surface area (Å²) in [5, 5.41) is 20.5. The Bertz CT molecular complexity index is 412. The average Bonchev–Trinajstić information content (AvgIpc) is 2.45. The zero-order valence-corrected chi connectivity index (χ0v) is 11.0. The first-order chi connectivity index (χ1) is 9.27. The van der Waals surface area contributed by atoms with Crippen LogP contribution in [0.1, 0.15) is 24.8 Å². The van der Waals surface area contributed by atoms with Gasteiger partial charge in [-0.25, -0.2) is 0 Å². The van der Waals surface area contributed by atoms with Crippen LogP contribution in [0, 0.1) is 17.2 Å². The summed E-state index contributed by atoms with van der Waals surface area (Å²) < 4.78 is 0. The van der Waals surface area contributed by atoms with Gasteiger partial charge in [-0.15, -0.1) is 0 Å². The lowest BCUT2D eigenvalue weighted by Gasteiger charge is -2.10. The van der Waals surface area contributed by atoms with Gasteiger partial charge in [0.2, 0.25) is 5.91 Å². The highest BCUT2D eigenvalue weighted by molar-refractivity contribution is 5.81. The van der Waals surface area contributed by atoms with E-state index in [2.05, 4.69) is 11.4 Å². The molecule has 0 saturated carbocycles. The maximum absolute atomic E-state index is 11.8. The van der Waals surface area contributed by atoms with Crippen molar-refractivity contribution in [3.8, 4) is 6.07 Å². The van der Waals surface area contributed by atoms with Crippen LogP contribution >= 0.6 is 0 Å². The lowest BCUT2D eigenvalue weighted by Crippen LogP contribution is -2.31. The monoisotopic (exact) mass is 260 g/mol. The molecule has 4 nitrogen and oxygen atoms in total. The first-order valence-corrected chi connectivity index (χ1v) is 6.60. The van der Waals surface area contributed by atoms with Gasteiger partial charge in [0.25, 0.3) is 0 Å². The molecule has 0 aliphatic heterocycles. The molecule has 0 fully saturated rings.